The van der Waals surface area contributed by atoms with Crippen molar-refractivity contribution in [2.24, 2.45) is 5.73 Å². The fourth-order valence-electron chi connectivity index (χ4n) is 2.68. The van der Waals surface area contributed by atoms with E-state index in [0.29, 0.717) is 24.8 Å². The highest BCUT2D eigenvalue weighted by atomic mass is 16.2. The van der Waals surface area contributed by atoms with Crippen molar-refractivity contribution < 1.29 is 4.79 Å². The number of nitrogens with zero attached hydrogens (tertiary/aromatic N) is 5. The van der Waals surface area contributed by atoms with Crippen LogP contribution < -0.4 is 5.73 Å². The van der Waals surface area contributed by atoms with E-state index in [9.17, 15) is 4.79 Å². The van der Waals surface area contributed by atoms with E-state index in [4.69, 9.17) is 5.73 Å². The van der Waals surface area contributed by atoms with Crippen molar-refractivity contribution in [1.29, 1.82) is 0 Å². The topological polar surface area (TPSA) is 80.3 Å². The predicted octanol–water partition coefficient (Wildman–Crippen LogP) is 0.183. The molecule has 1 aromatic rings. The SMILES string of the molecule is C[C@H](CCN(C)C(=O)c1cn(CCN)nn1)N1CCCC1. The number of aromatic nitrogens is 3. The fraction of sp³-hybridized carbons (Fsp3) is 0.786. The van der Waals surface area contributed by atoms with Crippen LogP contribution in [0.15, 0.2) is 6.20 Å². The van der Waals surface area contributed by atoms with Crippen molar-refractivity contribution in [3.8, 4) is 0 Å². The first-order chi connectivity index (χ1) is 10.1. The summed E-state index contributed by atoms with van der Waals surface area (Å²) in [6, 6.07) is 0.524. The molecule has 2 N–H and O–H groups in total. The molecular formula is C14H26N6O. The van der Waals surface area contributed by atoms with Gasteiger partial charge in [0.05, 0.1) is 12.7 Å². The van der Waals surface area contributed by atoms with E-state index in [2.05, 4.69) is 22.1 Å². The summed E-state index contributed by atoms with van der Waals surface area (Å²) in [7, 11) is 1.82. The molecule has 1 saturated heterocycles. The van der Waals surface area contributed by atoms with Crippen LogP contribution in [-0.2, 0) is 6.54 Å². The molecule has 0 unspecified atom stereocenters. The first-order valence-electron chi connectivity index (χ1n) is 7.71. The van der Waals surface area contributed by atoms with Crippen LogP contribution in [0.2, 0.25) is 0 Å². The third-order valence-corrected chi connectivity index (χ3v) is 4.11. The van der Waals surface area contributed by atoms with Crippen molar-refractivity contribution in [2.45, 2.75) is 38.8 Å². The van der Waals surface area contributed by atoms with Crippen LogP contribution in [0, 0.1) is 0 Å². The van der Waals surface area contributed by atoms with Crippen LogP contribution in [0.1, 0.15) is 36.7 Å². The Balaban J connectivity index is 1.81. The molecule has 2 heterocycles. The Morgan fingerprint density at radius 2 is 2.19 bits per heavy atom. The molecule has 118 valence electrons. The van der Waals surface area contributed by atoms with Crippen LogP contribution in [-0.4, -0.2) is 70.0 Å². The summed E-state index contributed by atoms with van der Waals surface area (Å²) in [6.07, 6.45) is 5.24. The van der Waals surface area contributed by atoms with E-state index in [0.717, 1.165) is 13.0 Å². The lowest BCUT2D eigenvalue weighted by Crippen LogP contribution is -2.35. The summed E-state index contributed by atoms with van der Waals surface area (Å²) < 4.78 is 1.61. The van der Waals surface area contributed by atoms with Gasteiger partial charge >= 0.3 is 0 Å². The molecule has 0 bridgehead atoms. The molecule has 1 amide bonds. The largest absolute Gasteiger partial charge is 0.340 e. The molecule has 1 aromatic heterocycles. The number of carbonyl (C=O) groups is 1. The van der Waals surface area contributed by atoms with Gasteiger partial charge in [0.15, 0.2) is 5.69 Å². The number of likely N-dealkylation sites (tertiary alicyclic amines) is 1. The second kappa shape index (κ2) is 7.51. The van der Waals surface area contributed by atoms with Gasteiger partial charge in [-0.05, 0) is 39.3 Å². The summed E-state index contributed by atoms with van der Waals surface area (Å²) in [5.74, 6) is -0.0770. The summed E-state index contributed by atoms with van der Waals surface area (Å²) in [6.45, 7) is 6.41. The van der Waals surface area contributed by atoms with Gasteiger partial charge in [0.25, 0.3) is 5.91 Å². The quantitative estimate of drug-likeness (QED) is 0.776. The normalized spacial score (nSPS) is 17.1. The van der Waals surface area contributed by atoms with E-state index in [-0.39, 0.29) is 5.91 Å². The van der Waals surface area contributed by atoms with Gasteiger partial charge in [-0.15, -0.1) is 5.10 Å². The van der Waals surface area contributed by atoms with Gasteiger partial charge in [-0.1, -0.05) is 5.21 Å². The Morgan fingerprint density at radius 1 is 1.48 bits per heavy atom. The van der Waals surface area contributed by atoms with Gasteiger partial charge in [-0.2, -0.15) is 0 Å². The van der Waals surface area contributed by atoms with E-state index in [1.54, 1.807) is 15.8 Å². The lowest BCUT2D eigenvalue weighted by molar-refractivity contribution is 0.0775. The average molecular weight is 294 g/mol. The summed E-state index contributed by atoms with van der Waals surface area (Å²) in [5, 5.41) is 7.81. The van der Waals surface area contributed by atoms with Gasteiger partial charge in [0.2, 0.25) is 0 Å². The number of rotatable bonds is 7. The smallest absolute Gasteiger partial charge is 0.275 e. The molecule has 0 radical (unpaired) electrons. The molecule has 1 aliphatic heterocycles. The molecule has 0 aromatic carbocycles. The Labute approximate surface area is 126 Å². The molecule has 1 fully saturated rings. The van der Waals surface area contributed by atoms with Gasteiger partial charge in [-0.25, -0.2) is 0 Å². The zero-order valence-corrected chi connectivity index (χ0v) is 13.0. The average Bonchev–Trinajstić information content (AvgIpc) is 3.15. The van der Waals surface area contributed by atoms with Crippen LogP contribution in [0.4, 0.5) is 0 Å². The van der Waals surface area contributed by atoms with E-state index in [1.165, 1.54) is 25.9 Å². The lowest BCUT2D eigenvalue weighted by Gasteiger charge is -2.25. The van der Waals surface area contributed by atoms with Crippen molar-refractivity contribution in [1.82, 2.24) is 24.8 Å². The minimum Gasteiger partial charge on any atom is -0.340 e. The van der Waals surface area contributed by atoms with Crippen LogP contribution in [0.25, 0.3) is 0 Å². The molecule has 0 aliphatic carbocycles. The van der Waals surface area contributed by atoms with E-state index in [1.807, 2.05) is 7.05 Å². The summed E-state index contributed by atoms with van der Waals surface area (Å²) >= 11 is 0. The highest BCUT2D eigenvalue weighted by Crippen LogP contribution is 2.14. The van der Waals surface area contributed by atoms with Crippen molar-refractivity contribution in [3.05, 3.63) is 11.9 Å². The maximum Gasteiger partial charge on any atom is 0.275 e. The minimum absolute atomic E-state index is 0.0770. The summed E-state index contributed by atoms with van der Waals surface area (Å²) in [4.78, 5) is 16.5. The molecular weight excluding hydrogens is 268 g/mol. The number of amides is 1. The highest BCUT2D eigenvalue weighted by Gasteiger charge is 2.20. The third-order valence-electron chi connectivity index (χ3n) is 4.11. The van der Waals surface area contributed by atoms with Gasteiger partial charge < -0.3 is 15.5 Å². The molecule has 7 heteroatoms. The van der Waals surface area contributed by atoms with Crippen molar-refractivity contribution in [2.75, 3.05) is 33.2 Å². The zero-order chi connectivity index (χ0) is 15.2. The lowest BCUT2D eigenvalue weighted by atomic mass is 10.2. The Morgan fingerprint density at radius 3 is 2.86 bits per heavy atom. The first-order valence-corrected chi connectivity index (χ1v) is 7.71. The second-order valence-electron chi connectivity index (χ2n) is 5.76. The molecule has 7 nitrogen and oxygen atoms in total. The maximum absolute atomic E-state index is 12.3. The van der Waals surface area contributed by atoms with Crippen LogP contribution in [0.3, 0.4) is 0 Å². The van der Waals surface area contributed by atoms with Gasteiger partial charge in [-0.3, -0.25) is 9.48 Å². The monoisotopic (exact) mass is 294 g/mol. The number of nitrogens with two attached hydrogens (primary N) is 1. The van der Waals surface area contributed by atoms with Crippen LogP contribution >= 0.6 is 0 Å². The third kappa shape index (κ3) is 4.25. The number of hydrogen-bond acceptors (Lipinski definition) is 5. The Hall–Kier alpha value is -1.47. The maximum atomic E-state index is 12.3. The van der Waals surface area contributed by atoms with E-state index >= 15 is 0 Å². The van der Waals surface area contributed by atoms with Gasteiger partial charge in [0.1, 0.15) is 0 Å². The highest BCUT2D eigenvalue weighted by molar-refractivity contribution is 5.91. The fourth-order valence-corrected chi connectivity index (χ4v) is 2.68. The second-order valence-corrected chi connectivity index (χ2v) is 5.76. The predicted molar refractivity (Wildman–Crippen MR) is 80.9 cm³/mol. The molecule has 1 aliphatic rings. The number of carbonyl (C=O) groups excluding carboxylic acids is 1. The summed E-state index contributed by atoms with van der Waals surface area (Å²) in [5.41, 5.74) is 5.85. The number of hydrogen-bond donors (Lipinski definition) is 1. The van der Waals surface area contributed by atoms with Crippen molar-refractivity contribution >= 4 is 5.91 Å². The van der Waals surface area contributed by atoms with Crippen molar-refractivity contribution in [3.63, 3.8) is 0 Å². The Bertz CT molecular complexity index is 454. The zero-order valence-electron chi connectivity index (χ0n) is 13.0. The first kappa shape index (κ1) is 15.9. The molecule has 0 saturated carbocycles. The molecule has 2 rings (SSSR count). The molecule has 0 spiro atoms. The molecule has 21 heavy (non-hydrogen) atoms. The van der Waals surface area contributed by atoms with Gasteiger partial charge in [0, 0.05) is 26.2 Å². The van der Waals surface area contributed by atoms with Crippen LogP contribution in [0.5, 0.6) is 0 Å². The molecule has 1 atom stereocenters. The minimum atomic E-state index is -0.0770. The van der Waals surface area contributed by atoms with E-state index < -0.39 is 0 Å². The standard InChI is InChI=1S/C14H26N6O/c1-12(19-7-3-4-8-19)5-9-18(2)14(21)13-11-20(10-6-15)17-16-13/h11-12H,3-10,15H2,1-2H3/t12-/m1/s1. The Kier molecular flexibility index (Phi) is 5.69.